The van der Waals surface area contributed by atoms with Crippen LogP contribution in [0.2, 0.25) is 0 Å². The highest BCUT2D eigenvalue weighted by atomic mass is 16.6. The first-order chi connectivity index (χ1) is 17.9. The molecular formula is C30H38N2O6. The molecule has 2 aliphatic rings. The molecule has 2 atom stereocenters. The third kappa shape index (κ3) is 5.79. The number of carbonyl (C=O) groups is 3. The summed E-state index contributed by atoms with van der Waals surface area (Å²) in [6.07, 6.45) is -0.154. The minimum Gasteiger partial charge on any atom is -0.481 e. The average Bonchev–Trinajstić information content (AvgIpc) is 3.16. The van der Waals surface area contributed by atoms with Gasteiger partial charge < -0.3 is 24.8 Å². The fourth-order valence-corrected chi connectivity index (χ4v) is 5.58. The van der Waals surface area contributed by atoms with Crippen molar-refractivity contribution in [2.75, 3.05) is 13.2 Å². The highest BCUT2D eigenvalue weighted by Gasteiger charge is 2.53. The summed E-state index contributed by atoms with van der Waals surface area (Å²) in [6, 6.07) is 15.9. The van der Waals surface area contributed by atoms with Crippen LogP contribution >= 0.6 is 0 Å². The second-order valence-electron chi connectivity index (χ2n) is 11.8. The number of ether oxygens (including phenoxy) is 2. The number of carboxylic acid groups (broad SMARTS) is 1. The van der Waals surface area contributed by atoms with Gasteiger partial charge in [-0.15, -0.1) is 0 Å². The number of benzene rings is 2. The summed E-state index contributed by atoms with van der Waals surface area (Å²) < 4.78 is 11.3. The van der Waals surface area contributed by atoms with Gasteiger partial charge in [-0.3, -0.25) is 4.79 Å². The second kappa shape index (κ2) is 10.7. The minimum absolute atomic E-state index is 0.0418. The Morgan fingerprint density at radius 2 is 1.61 bits per heavy atom. The van der Waals surface area contributed by atoms with Crippen LogP contribution in [0.4, 0.5) is 9.59 Å². The Kier molecular flexibility index (Phi) is 7.72. The number of alkyl carbamates (subject to hydrolysis) is 1. The molecule has 2 aromatic rings. The molecule has 0 aliphatic heterocycles. The molecule has 2 amide bonds. The van der Waals surface area contributed by atoms with E-state index in [2.05, 4.69) is 29.6 Å². The summed E-state index contributed by atoms with van der Waals surface area (Å²) in [7, 11) is 0. The van der Waals surface area contributed by atoms with E-state index in [4.69, 9.17) is 14.6 Å². The van der Waals surface area contributed by atoms with Crippen molar-refractivity contribution in [3.63, 3.8) is 0 Å². The summed E-state index contributed by atoms with van der Waals surface area (Å²) >= 11 is 0. The van der Waals surface area contributed by atoms with Crippen LogP contribution < -0.4 is 5.32 Å². The van der Waals surface area contributed by atoms with Gasteiger partial charge in [0.15, 0.2) is 0 Å². The van der Waals surface area contributed by atoms with Crippen molar-refractivity contribution in [1.29, 1.82) is 0 Å². The van der Waals surface area contributed by atoms with Crippen LogP contribution in [-0.2, 0) is 14.3 Å². The molecule has 204 valence electrons. The van der Waals surface area contributed by atoms with Gasteiger partial charge in [0.25, 0.3) is 0 Å². The van der Waals surface area contributed by atoms with Crippen LogP contribution in [0.1, 0.15) is 70.9 Å². The molecule has 2 unspecified atom stereocenters. The number of hydrogen-bond donors (Lipinski definition) is 2. The maximum Gasteiger partial charge on any atom is 0.410 e. The normalized spacial score (nSPS) is 19.5. The zero-order chi connectivity index (χ0) is 27.7. The Labute approximate surface area is 224 Å². The van der Waals surface area contributed by atoms with Crippen molar-refractivity contribution in [3.8, 4) is 11.1 Å². The molecule has 2 N–H and O–H groups in total. The zero-order valence-electron chi connectivity index (χ0n) is 22.8. The smallest absolute Gasteiger partial charge is 0.410 e. The lowest BCUT2D eigenvalue weighted by atomic mass is 9.62. The molecule has 1 saturated carbocycles. The standard InChI is InChI=1S/C30H38N2O6/c1-29(2,3)38-27(35)31-24-17-25(30(24,4)5)32(16-10-15-26(33)34)28(36)37-18-23-21-13-8-6-11-19(21)20-12-7-9-14-22(20)23/h6-9,11-14,23-25H,10,15-18H2,1-5H3,(H,31,35)(H,33,34). The third-order valence-corrected chi connectivity index (χ3v) is 7.64. The fraction of sp³-hybridized carbons (Fsp3) is 0.500. The minimum atomic E-state index is -0.908. The molecule has 0 saturated heterocycles. The molecule has 0 radical (unpaired) electrons. The summed E-state index contributed by atoms with van der Waals surface area (Å²) in [5.41, 5.74) is 3.50. The number of hydrogen-bond acceptors (Lipinski definition) is 5. The summed E-state index contributed by atoms with van der Waals surface area (Å²) in [6.45, 7) is 9.85. The maximum atomic E-state index is 13.5. The Balaban J connectivity index is 1.46. The van der Waals surface area contributed by atoms with Gasteiger partial charge in [-0.05, 0) is 55.9 Å². The quantitative estimate of drug-likeness (QED) is 0.454. The van der Waals surface area contributed by atoms with E-state index in [0.29, 0.717) is 12.8 Å². The fourth-order valence-electron chi connectivity index (χ4n) is 5.58. The summed E-state index contributed by atoms with van der Waals surface area (Å²) in [4.78, 5) is 38.6. The Bertz CT molecular complexity index is 1160. The number of rotatable bonds is 8. The Hall–Kier alpha value is -3.55. The monoisotopic (exact) mass is 522 g/mol. The number of carboxylic acids is 1. The van der Waals surface area contributed by atoms with Crippen molar-refractivity contribution in [2.45, 2.75) is 77.5 Å². The summed E-state index contributed by atoms with van der Waals surface area (Å²) in [5.74, 6) is -0.974. The summed E-state index contributed by atoms with van der Waals surface area (Å²) in [5, 5.41) is 12.1. The molecule has 0 aromatic heterocycles. The van der Waals surface area contributed by atoms with Crippen LogP contribution in [0.15, 0.2) is 48.5 Å². The van der Waals surface area contributed by atoms with Crippen molar-refractivity contribution >= 4 is 18.2 Å². The van der Waals surface area contributed by atoms with Crippen molar-refractivity contribution in [3.05, 3.63) is 59.7 Å². The van der Waals surface area contributed by atoms with Crippen LogP contribution in [-0.4, -0.2) is 59.0 Å². The van der Waals surface area contributed by atoms with Crippen molar-refractivity contribution in [2.24, 2.45) is 5.41 Å². The van der Waals surface area contributed by atoms with E-state index >= 15 is 0 Å². The molecule has 1 fully saturated rings. The predicted molar refractivity (Wildman–Crippen MR) is 144 cm³/mol. The van der Waals surface area contributed by atoms with Gasteiger partial charge in [-0.1, -0.05) is 62.4 Å². The lowest BCUT2D eigenvalue weighted by Crippen LogP contribution is -2.67. The lowest BCUT2D eigenvalue weighted by molar-refractivity contribution is -0.137. The Morgan fingerprint density at radius 3 is 2.13 bits per heavy atom. The van der Waals surface area contributed by atoms with Crippen molar-refractivity contribution < 1.29 is 29.0 Å². The highest BCUT2D eigenvalue weighted by Crippen LogP contribution is 2.46. The van der Waals surface area contributed by atoms with Crippen LogP contribution in [0.3, 0.4) is 0 Å². The number of carbonyl (C=O) groups excluding carboxylic acids is 2. The Morgan fingerprint density at radius 1 is 1.03 bits per heavy atom. The number of amides is 2. The first kappa shape index (κ1) is 27.5. The number of nitrogens with one attached hydrogen (secondary N) is 1. The van der Waals surface area contributed by atoms with E-state index in [0.717, 1.165) is 22.3 Å². The maximum absolute atomic E-state index is 13.5. The number of fused-ring (bicyclic) bond motifs is 3. The van der Waals surface area contributed by atoms with Gasteiger partial charge in [0.05, 0.1) is 0 Å². The van der Waals surface area contributed by atoms with Gasteiger partial charge in [-0.2, -0.15) is 0 Å². The van der Waals surface area contributed by atoms with Gasteiger partial charge in [0.1, 0.15) is 12.2 Å². The van der Waals surface area contributed by atoms with E-state index in [-0.39, 0.29) is 37.6 Å². The van der Waals surface area contributed by atoms with Gasteiger partial charge >= 0.3 is 18.2 Å². The van der Waals surface area contributed by atoms with Gasteiger partial charge in [-0.25, -0.2) is 9.59 Å². The number of nitrogens with zero attached hydrogens (tertiary/aromatic N) is 1. The van der Waals surface area contributed by atoms with Gasteiger partial charge in [0.2, 0.25) is 0 Å². The van der Waals surface area contributed by atoms with E-state index in [1.54, 1.807) is 4.90 Å². The first-order valence-electron chi connectivity index (χ1n) is 13.2. The molecular weight excluding hydrogens is 484 g/mol. The highest BCUT2D eigenvalue weighted by molar-refractivity contribution is 5.79. The lowest BCUT2D eigenvalue weighted by Gasteiger charge is -2.55. The topological polar surface area (TPSA) is 105 Å². The molecule has 0 heterocycles. The van der Waals surface area contributed by atoms with Gasteiger partial charge in [0, 0.05) is 36.4 Å². The SMILES string of the molecule is CC(C)(C)OC(=O)NC1CC(N(CCCC(=O)O)C(=O)OCC2c3ccccc3-c3ccccc32)C1(C)C. The van der Waals surface area contributed by atoms with E-state index < -0.39 is 29.2 Å². The van der Waals surface area contributed by atoms with Crippen LogP contribution in [0.5, 0.6) is 0 Å². The molecule has 8 nitrogen and oxygen atoms in total. The molecule has 38 heavy (non-hydrogen) atoms. The average molecular weight is 523 g/mol. The third-order valence-electron chi connectivity index (χ3n) is 7.64. The molecule has 0 bridgehead atoms. The van der Waals surface area contributed by atoms with Crippen LogP contribution in [0, 0.1) is 5.41 Å². The second-order valence-corrected chi connectivity index (χ2v) is 11.8. The van der Waals surface area contributed by atoms with E-state index in [1.807, 2.05) is 58.9 Å². The largest absolute Gasteiger partial charge is 0.481 e. The van der Waals surface area contributed by atoms with E-state index in [9.17, 15) is 14.4 Å². The van der Waals surface area contributed by atoms with Crippen LogP contribution in [0.25, 0.3) is 11.1 Å². The molecule has 2 aromatic carbocycles. The van der Waals surface area contributed by atoms with E-state index in [1.165, 1.54) is 0 Å². The molecule has 0 spiro atoms. The zero-order valence-corrected chi connectivity index (χ0v) is 22.8. The molecule has 4 rings (SSSR count). The molecule has 8 heteroatoms. The number of aliphatic carboxylic acids is 1. The first-order valence-corrected chi connectivity index (χ1v) is 13.2. The molecule has 2 aliphatic carbocycles. The predicted octanol–water partition coefficient (Wildman–Crippen LogP) is 5.79. The van der Waals surface area contributed by atoms with Crippen molar-refractivity contribution in [1.82, 2.24) is 10.2 Å².